The lowest BCUT2D eigenvalue weighted by atomic mass is 10.2. The van der Waals surface area contributed by atoms with E-state index in [1.54, 1.807) is 24.3 Å². The predicted molar refractivity (Wildman–Crippen MR) is 46.1 cm³/mol. The molecule has 1 aromatic carbocycles. The number of hydrogen-bond acceptors (Lipinski definition) is 3. The van der Waals surface area contributed by atoms with Crippen LogP contribution in [0.2, 0.25) is 0 Å². The van der Waals surface area contributed by atoms with E-state index < -0.39 is 10.6 Å². The number of nitrogens with two attached hydrogens (primary N) is 1. The average molecular weight is 223 g/mol. The molecular weight excluding hydrogens is 216 g/mol. The zero-order valence-electron chi connectivity index (χ0n) is 6.85. The third-order valence-corrected chi connectivity index (χ3v) is 1.06. The summed E-state index contributed by atoms with van der Waals surface area (Å²) in [5.74, 6) is -0.379. The smallest absolute Gasteiger partial charge is 0.366 e. The number of carbonyl (C=O) groups excluding carboxylic acids is 1. The Morgan fingerprint density at radius 2 is 1.50 bits per heavy atom. The summed E-state index contributed by atoms with van der Waals surface area (Å²) in [7, 11) is -5.67. The van der Waals surface area contributed by atoms with E-state index in [1.807, 2.05) is 6.07 Å². The summed E-state index contributed by atoms with van der Waals surface area (Å²) in [6.07, 6.45) is 0. The molecule has 78 valence electrons. The molecule has 0 radical (unpaired) electrons. The fourth-order valence-corrected chi connectivity index (χ4v) is 0.602. The zero-order chi connectivity index (χ0) is 11.2. The van der Waals surface area contributed by atoms with E-state index in [2.05, 4.69) is 0 Å². The summed E-state index contributed by atoms with van der Waals surface area (Å²) in [6.45, 7) is 0. The van der Waals surface area contributed by atoms with Crippen LogP contribution in [-0.2, 0) is 10.6 Å². The summed E-state index contributed by atoms with van der Waals surface area (Å²) in [5.41, 5.74) is 5.53. The van der Waals surface area contributed by atoms with Crippen molar-refractivity contribution in [1.82, 2.24) is 0 Å². The average Bonchev–Trinajstić information content (AvgIpc) is 2.03. The first-order valence-electron chi connectivity index (χ1n) is 3.30. The standard InChI is InChI=1S/C7H7NO.F2O2S/c8-7(9)6-4-2-1-3-5-6;1-5(2,3)4/h1-5H,(H2,8,9);. The molecule has 0 unspecified atom stereocenters. The lowest BCUT2D eigenvalue weighted by molar-refractivity contribution is 0.100. The number of carbonyl (C=O) groups is 1. The molecule has 0 aliphatic rings. The highest BCUT2D eigenvalue weighted by molar-refractivity contribution is 7.81. The molecule has 0 spiro atoms. The SMILES string of the molecule is NC(=O)c1ccccc1.O=S(=O)(F)F. The third kappa shape index (κ3) is 8.60. The number of amides is 1. The molecule has 0 bridgehead atoms. The molecule has 0 saturated heterocycles. The van der Waals surface area contributed by atoms with Crippen LogP contribution in [0.3, 0.4) is 0 Å². The summed E-state index contributed by atoms with van der Waals surface area (Å²) >= 11 is 0. The van der Waals surface area contributed by atoms with Crippen LogP contribution in [0.1, 0.15) is 10.4 Å². The van der Waals surface area contributed by atoms with Crippen LogP contribution >= 0.6 is 0 Å². The molecule has 7 heteroatoms. The van der Waals surface area contributed by atoms with E-state index in [9.17, 15) is 12.6 Å². The van der Waals surface area contributed by atoms with E-state index in [1.165, 1.54) is 0 Å². The number of benzene rings is 1. The van der Waals surface area contributed by atoms with Crippen LogP contribution in [0.15, 0.2) is 30.3 Å². The fourth-order valence-electron chi connectivity index (χ4n) is 0.602. The molecule has 1 aromatic rings. The molecule has 1 rings (SSSR count). The van der Waals surface area contributed by atoms with Gasteiger partial charge in [-0.15, -0.1) is 0 Å². The van der Waals surface area contributed by atoms with E-state index in [-0.39, 0.29) is 5.91 Å². The van der Waals surface area contributed by atoms with Crippen molar-refractivity contribution < 1.29 is 21.0 Å². The first-order chi connectivity index (χ1) is 6.30. The van der Waals surface area contributed by atoms with Gasteiger partial charge in [0.1, 0.15) is 0 Å². The van der Waals surface area contributed by atoms with Crippen molar-refractivity contribution in [3.05, 3.63) is 35.9 Å². The summed E-state index contributed by atoms with van der Waals surface area (Å²) in [4.78, 5) is 10.4. The predicted octanol–water partition coefficient (Wildman–Crippen LogP) is 0.956. The van der Waals surface area contributed by atoms with Crippen LogP contribution in [0.4, 0.5) is 7.77 Å². The Bertz CT molecular complexity index is 383. The highest BCUT2D eigenvalue weighted by Gasteiger charge is 1.95. The summed E-state index contributed by atoms with van der Waals surface area (Å²) < 4.78 is 36.6. The van der Waals surface area contributed by atoms with Crippen molar-refractivity contribution in [3.63, 3.8) is 0 Å². The van der Waals surface area contributed by atoms with Crippen molar-refractivity contribution in [2.75, 3.05) is 0 Å². The van der Waals surface area contributed by atoms with Gasteiger partial charge in [0.05, 0.1) is 0 Å². The second-order valence-electron chi connectivity index (χ2n) is 2.11. The van der Waals surface area contributed by atoms with E-state index >= 15 is 0 Å². The van der Waals surface area contributed by atoms with Crippen molar-refractivity contribution in [3.8, 4) is 0 Å². The maximum absolute atomic E-state index is 10.4. The van der Waals surface area contributed by atoms with Crippen molar-refractivity contribution in [1.29, 1.82) is 0 Å². The van der Waals surface area contributed by atoms with Crippen molar-refractivity contribution >= 4 is 16.5 Å². The molecule has 0 heterocycles. The number of rotatable bonds is 1. The molecule has 0 atom stereocenters. The minimum atomic E-state index is -5.67. The van der Waals surface area contributed by atoms with Crippen LogP contribution in [0, 0.1) is 0 Å². The van der Waals surface area contributed by atoms with Crippen LogP contribution < -0.4 is 5.73 Å². The minimum Gasteiger partial charge on any atom is -0.366 e. The van der Waals surface area contributed by atoms with Crippen LogP contribution in [-0.4, -0.2) is 14.3 Å². The van der Waals surface area contributed by atoms with Gasteiger partial charge in [0, 0.05) is 5.56 Å². The maximum Gasteiger partial charge on any atom is 0.476 e. The quantitative estimate of drug-likeness (QED) is 0.720. The molecule has 0 aromatic heterocycles. The lowest BCUT2D eigenvalue weighted by Gasteiger charge is -1.89. The Morgan fingerprint density at radius 1 is 1.14 bits per heavy atom. The molecule has 2 N–H and O–H groups in total. The number of primary amides is 1. The molecule has 0 fully saturated rings. The van der Waals surface area contributed by atoms with Gasteiger partial charge in [0.25, 0.3) is 0 Å². The van der Waals surface area contributed by atoms with E-state index in [4.69, 9.17) is 14.2 Å². The monoisotopic (exact) mass is 223 g/mol. The van der Waals surface area contributed by atoms with Gasteiger partial charge < -0.3 is 5.73 Å². The van der Waals surface area contributed by atoms with Crippen molar-refractivity contribution in [2.45, 2.75) is 0 Å². The fraction of sp³-hybridized carbons (Fsp3) is 0. The molecule has 1 amide bonds. The molecule has 4 nitrogen and oxygen atoms in total. The first kappa shape index (κ1) is 12.5. The van der Waals surface area contributed by atoms with Gasteiger partial charge in [-0.25, -0.2) is 0 Å². The molecule has 14 heavy (non-hydrogen) atoms. The van der Waals surface area contributed by atoms with Crippen molar-refractivity contribution in [2.24, 2.45) is 5.73 Å². The topological polar surface area (TPSA) is 77.2 Å². The van der Waals surface area contributed by atoms with Gasteiger partial charge in [-0.1, -0.05) is 26.0 Å². The first-order valence-corrected chi connectivity index (χ1v) is 4.58. The van der Waals surface area contributed by atoms with Gasteiger partial charge in [0.2, 0.25) is 5.91 Å². The minimum absolute atomic E-state index is 0.379. The second kappa shape index (κ2) is 5.28. The van der Waals surface area contributed by atoms with Gasteiger partial charge in [-0.2, -0.15) is 8.42 Å². The normalized spacial score (nSPS) is 9.86. The molecule has 0 saturated carbocycles. The Hall–Kier alpha value is -1.50. The van der Waals surface area contributed by atoms with Gasteiger partial charge >= 0.3 is 10.6 Å². The van der Waals surface area contributed by atoms with E-state index in [0.717, 1.165) is 0 Å². The Labute approximate surface area is 79.9 Å². The number of halogens is 2. The highest BCUT2D eigenvalue weighted by atomic mass is 32.3. The molecule has 0 aliphatic heterocycles. The summed E-state index contributed by atoms with van der Waals surface area (Å²) in [5, 5.41) is 0. The Balaban J connectivity index is 0.000000292. The number of hydrogen-bond donors (Lipinski definition) is 1. The Kier molecular flexibility index (Phi) is 4.71. The van der Waals surface area contributed by atoms with Crippen LogP contribution in [0.25, 0.3) is 0 Å². The molecular formula is C7H7F2NO3S. The largest absolute Gasteiger partial charge is 0.476 e. The van der Waals surface area contributed by atoms with Crippen LogP contribution in [0.5, 0.6) is 0 Å². The second-order valence-corrected chi connectivity index (χ2v) is 2.87. The van der Waals surface area contributed by atoms with E-state index in [0.29, 0.717) is 5.56 Å². The van der Waals surface area contributed by atoms with Gasteiger partial charge in [0.15, 0.2) is 0 Å². The highest BCUT2D eigenvalue weighted by Crippen LogP contribution is 1.94. The summed E-state index contributed by atoms with van der Waals surface area (Å²) in [6, 6.07) is 8.76. The lowest BCUT2D eigenvalue weighted by Crippen LogP contribution is -2.09. The van der Waals surface area contributed by atoms with Gasteiger partial charge in [-0.3, -0.25) is 4.79 Å². The van der Waals surface area contributed by atoms with Gasteiger partial charge in [-0.05, 0) is 12.1 Å². The molecule has 0 aliphatic carbocycles. The maximum atomic E-state index is 10.4. The Morgan fingerprint density at radius 3 is 1.71 bits per heavy atom. The third-order valence-electron chi connectivity index (χ3n) is 1.06. The zero-order valence-corrected chi connectivity index (χ0v) is 7.67.